The number of aromatic amines is 1. The van der Waals surface area contributed by atoms with Crippen molar-refractivity contribution in [1.29, 1.82) is 0 Å². The molecule has 0 bridgehead atoms. The third-order valence-corrected chi connectivity index (χ3v) is 4.51. The molecule has 4 aromatic heterocycles. The van der Waals surface area contributed by atoms with Crippen LogP contribution in [0.4, 0.5) is 5.82 Å². The van der Waals surface area contributed by atoms with Gasteiger partial charge in [0.1, 0.15) is 5.82 Å². The minimum atomic E-state index is -0.180. The number of methoxy groups -OCH3 is 1. The van der Waals surface area contributed by atoms with Crippen molar-refractivity contribution in [3.8, 4) is 28.3 Å². The Morgan fingerprint density at radius 1 is 1.14 bits per heavy atom. The van der Waals surface area contributed by atoms with Crippen molar-refractivity contribution in [1.82, 2.24) is 19.9 Å². The summed E-state index contributed by atoms with van der Waals surface area (Å²) < 4.78 is 5.17. The van der Waals surface area contributed by atoms with Gasteiger partial charge in [-0.1, -0.05) is 0 Å². The first-order valence-corrected chi connectivity index (χ1v) is 9.04. The Kier molecular flexibility index (Phi) is 4.92. The highest BCUT2D eigenvalue weighted by atomic mass is 16.5. The SMILES string of the molecule is COc1ccc(-c2c(-c3ccnc(NC(C)=O)c3)[nH]c3cc(CN)cnc23)cn1. The third kappa shape index (κ3) is 3.65. The number of pyridine rings is 3. The molecule has 4 heterocycles. The number of ether oxygens (including phenoxy) is 1. The second-order valence-electron chi connectivity index (χ2n) is 6.52. The Labute approximate surface area is 167 Å². The number of rotatable bonds is 5. The number of anilines is 1. The smallest absolute Gasteiger partial charge is 0.222 e. The molecule has 0 fully saturated rings. The fourth-order valence-electron chi connectivity index (χ4n) is 3.21. The Morgan fingerprint density at radius 2 is 2.00 bits per heavy atom. The zero-order valence-electron chi connectivity index (χ0n) is 16.1. The van der Waals surface area contributed by atoms with E-state index in [-0.39, 0.29) is 5.91 Å². The van der Waals surface area contributed by atoms with Crippen molar-refractivity contribution in [2.75, 3.05) is 12.4 Å². The van der Waals surface area contributed by atoms with Gasteiger partial charge in [0, 0.05) is 54.8 Å². The van der Waals surface area contributed by atoms with Gasteiger partial charge >= 0.3 is 0 Å². The van der Waals surface area contributed by atoms with Crippen molar-refractivity contribution in [3.63, 3.8) is 0 Å². The van der Waals surface area contributed by atoms with Crippen LogP contribution in [0.2, 0.25) is 0 Å². The lowest BCUT2D eigenvalue weighted by Gasteiger charge is -2.08. The van der Waals surface area contributed by atoms with Crippen LogP contribution in [0.3, 0.4) is 0 Å². The van der Waals surface area contributed by atoms with E-state index in [9.17, 15) is 4.79 Å². The summed E-state index contributed by atoms with van der Waals surface area (Å²) in [6, 6.07) is 9.42. The Morgan fingerprint density at radius 3 is 2.69 bits per heavy atom. The van der Waals surface area contributed by atoms with E-state index in [4.69, 9.17) is 10.5 Å². The van der Waals surface area contributed by atoms with Gasteiger partial charge in [0.2, 0.25) is 11.8 Å². The molecular formula is C21H20N6O2. The maximum atomic E-state index is 11.4. The van der Waals surface area contributed by atoms with E-state index in [1.807, 2.05) is 30.3 Å². The van der Waals surface area contributed by atoms with Gasteiger partial charge in [0.15, 0.2) is 0 Å². The normalized spacial score (nSPS) is 10.9. The fourth-order valence-corrected chi connectivity index (χ4v) is 3.21. The summed E-state index contributed by atoms with van der Waals surface area (Å²) in [7, 11) is 1.58. The van der Waals surface area contributed by atoms with E-state index in [1.165, 1.54) is 6.92 Å². The molecule has 1 amide bonds. The van der Waals surface area contributed by atoms with E-state index >= 15 is 0 Å². The molecule has 0 saturated heterocycles. The highest BCUT2D eigenvalue weighted by Gasteiger charge is 2.18. The van der Waals surface area contributed by atoms with Crippen molar-refractivity contribution in [2.24, 2.45) is 5.73 Å². The molecule has 8 nitrogen and oxygen atoms in total. The van der Waals surface area contributed by atoms with Crippen LogP contribution in [-0.4, -0.2) is 33.0 Å². The summed E-state index contributed by atoms with van der Waals surface area (Å²) in [5, 5.41) is 2.72. The van der Waals surface area contributed by atoms with Gasteiger partial charge in [0.25, 0.3) is 0 Å². The number of nitrogens with two attached hydrogens (primary N) is 1. The van der Waals surface area contributed by atoms with Crippen LogP contribution in [0.1, 0.15) is 12.5 Å². The Hall–Kier alpha value is -3.78. The third-order valence-electron chi connectivity index (χ3n) is 4.51. The van der Waals surface area contributed by atoms with Gasteiger partial charge in [-0.25, -0.2) is 9.97 Å². The first-order valence-electron chi connectivity index (χ1n) is 9.04. The summed E-state index contributed by atoms with van der Waals surface area (Å²) >= 11 is 0. The summed E-state index contributed by atoms with van der Waals surface area (Å²) in [6.45, 7) is 1.85. The number of hydrogen-bond donors (Lipinski definition) is 3. The molecule has 0 aliphatic heterocycles. The van der Waals surface area contributed by atoms with E-state index in [0.717, 1.165) is 39.0 Å². The van der Waals surface area contributed by atoms with Gasteiger partial charge < -0.3 is 20.8 Å². The number of nitrogens with zero attached hydrogens (tertiary/aromatic N) is 3. The molecule has 0 unspecified atom stereocenters. The average molecular weight is 388 g/mol. The monoisotopic (exact) mass is 388 g/mol. The molecule has 0 atom stereocenters. The maximum Gasteiger partial charge on any atom is 0.222 e. The fraction of sp³-hybridized carbons (Fsp3) is 0.143. The number of H-pyrrole nitrogens is 1. The van der Waals surface area contributed by atoms with Crippen LogP contribution in [0.25, 0.3) is 33.4 Å². The molecule has 29 heavy (non-hydrogen) atoms. The van der Waals surface area contributed by atoms with Crippen molar-refractivity contribution in [2.45, 2.75) is 13.5 Å². The Balaban J connectivity index is 1.93. The van der Waals surface area contributed by atoms with Gasteiger partial charge in [-0.2, -0.15) is 0 Å². The number of aromatic nitrogens is 4. The van der Waals surface area contributed by atoms with E-state index in [1.54, 1.807) is 25.7 Å². The van der Waals surface area contributed by atoms with Crippen LogP contribution in [-0.2, 0) is 11.3 Å². The molecule has 4 N–H and O–H groups in total. The summed E-state index contributed by atoms with van der Waals surface area (Å²) in [4.78, 5) is 28.0. The molecule has 0 spiro atoms. The van der Waals surface area contributed by atoms with E-state index in [2.05, 4.69) is 25.3 Å². The average Bonchev–Trinajstić information content (AvgIpc) is 3.12. The topological polar surface area (TPSA) is 119 Å². The molecule has 0 aliphatic rings. The number of carbonyl (C=O) groups excluding carboxylic acids is 1. The van der Waals surface area contributed by atoms with Gasteiger partial charge in [-0.05, 0) is 29.8 Å². The predicted octanol–water partition coefficient (Wildman–Crippen LogP) is 3.11. The largest absolute Gasteiger partial charge is 0.481 e. The van der Waals surface area contributed by atoms with Crippen molar-refractivity contribution < 1.29 is 9.53 Å². The second-order valence-corrected chi connectivity index (χ2v) is 6.52. The molecule has 146 valence electrons. The zero-order valence-corrected chi connectivity index (χ0v) is 16.1. The molecule has 4 aromatic rings. The number of nitrogens with one attached hydrogen (secondary N) is 2. The van der Waals surface area contributed by atoms with Crippen LogP contribution in [0.15, 0.2) is 48.9 Å². The van der Waals surface area contributed by atoms with Crippen molar-refractivity contribution >= 4 is 22.8 Å². The lowest BCUT2D eigenvalue weighted by atomic mass is 10.0. The maximum absolute atomic E-state index is 11.4. The summed E-state index contributed by atoms with van der Waals surface area (Å²) in [5.41, 5.74) is 11.9. The lowest BCUT2D eigenvalue weighted by molar-refractivity contribution is -0.114. The summed E-state index contributed by atoms with van der Waals surface area (Å²) in [6.07, 6.45) is 5.18. The predicted molar refractivity (Wildman–Crippen MR) is 111 cm³/mol. The number of fused-ring (bicyclic) bond motifs is 1. The van der Waals surface area contributed by atoms with Crippen molar-refractivity contribution in [3.05, 3.63) is 54.5 Å². The first kappa shape index (κ1) is 18.6. The molecule has 8 heteroatoms. The van der Waals surface area contributed by atoms with Gasteiger partial charge in [0.05, 0.1) is 23.8 Å². The highest BCUT2D eigenvalue weighted by molar-refractivity contribution is 6.02. The standard InChI is InChI=1S/C21H20N6O2/c1-12(28)26-17-8-14(5-6-23-17)20-19(15-3-4-18(29-2)24-11-15)21-16(27-20)7-13(9-22)10-25-21/h3-8,10-11,27H,9,22H2,1-2H3,(H,23,26,28). The molecule has 4 rings (SSSR count). The molecule has 0 aliphatic carbocycles. The van der Waals surface area contributed by atoms with Crippen LogP contribution < -0.4 is 15.8 Å². The lowest BCUT2D eigenvalue weighted by Crippen LogP contribution is -2.07. The number of carbonyl (C=O) groups is 1. The van der Waals surface area contributed by atoms with E-state index < -0.39 is 0 Å². The minimum Gasteiger partial charge on any atom is -0.481 e. The summed E-state index contributed by atoms with van der Waals surface area (Å²) in [5.74, 6) is 0.827. The molecule has 0 saturated carbocycles. The minimum absolute atomic E-state index is 0.180. The highest BCUT2D eigenvalue weighted by Crippen LogP contribution is 2.38. The van der Waals surface area contributed by atoms with E-state index in [0.29, 0.717) is 18.2 Å². The van der Waals surface area contributed by atoms with Gasteiger partial charge in [-0.15, -0.1) is 0 Å². The molecular weight excluding hydrogens is 368 g/mol. The van der Waals surface area contributed by atoms with Crippen LogP contribution in [0, 0.1) is 0 Å². The quantitative estimate of drug-likeness (QED) is 0.483. The number of amides is 1. The molecule has 0 radical (unpaired) electrons. The second kappa shape index (κ2) is 7.69. The van der Waals surface area contributed by atoms with Gasteiger partial charge in [-0.3, -0.25) is 9.78 Å². The zero-order chi connectivity index (χ0) is 20.4. The van der Waals surface area contributed by atoms with Crippen LogP contribution in [0.5, 0.6) is 5.88 Å². The first-order chi connectivity index (χ1) is 14.1. The Bertz CT molecular complexity index is 1180. The molecule has 0 aromatic carbocycles. The number of hydrogen-bond acceptors (Lipinski definition) is 6. The van der Waals surface area contributed by atoms with Crippen LogP contribution >= 0.6 is 0 Å².